The van der Waals surface area contributed by atoms with Gasteiger partial charge in [-0.15, -0.1) is 0 Å². The van der Waals surface area contributed by atoms with Gasteiger partial charge < -0.3 is 59.4 Å². The zero-order chi connectivity index (χ0) is 57.8. The van der Waals surface area contributed by atoms with Gasteiger partial charge in [0.25, 0.3) is 0 Å². The summed E-state index contributed by atoms with van der Waals surface area (Å²) in [7, 11) is -32.1. The maximum Gasteiger partial charge on any atom is 0.472 e. The first-order chi connectivity index (χ1) is 32.1. The molecule has 0 radical (unpaired) electrons. The van der Waals surface area contributed by atoms with Crippen molar-refractivity contribution in [3.8, 4) is 0 Å². The van der Waals surface area contributed by atoms with E-state index in [2.05, 4.69) is 66.9 Å². The predicted molar refractivity (Wildman–Crippen MR) is 325 cm³/mol. The maximum atomic E-state index is 12.6. The first-order valence-electron chi connectivity index (χ1n) is 26.1. The Balaban J connectivity index is 5.44. The molecule has 0 heterocycles. The van der Waals surface area contributed by atoms with E-state index < -0.39 is 110 Å². The van der Waals surface area contributed by atoms with Crippen molar-refractivity contribution in [1.29, 1.82) is 0 Å². The summed E-state index contributed by atoms with van der Waals surface area (Å²) >= 11 is 0. The molecule has 1 unspecified atom stereocenters. The number of ether oxygens (including phenoxy) is 1. The lowest BCUT2D eigenvalue weighted by Gasteiger charge is -2.45. The minimum atomic E-state index is -4.15. The van der Waals surface area contributed by atoms with Crippen LogP contribution >= 0.6 is 7.82 Å². The summed E-state index contributed by atoms with van der Waals surface area (Å²) in [5, 5.41) is 0. The third kappa shape index (κ3) is 36.4. The number of hydrogen-bond donors (Lipinski definition) is 1. The van der Waals surface area contributed by atoms with Gasteiger partial charge in [0.2, 0.25) is 0 Å². The van der Waals surface area contributed by atoms with Crippen LogP contribution in [0.4, 0.5) is 0 Å². The lowest BCUT2D eigenvalue weighted by atomic mass is 10.3. The molecule has 0 fully saturated rings. The van der Waals surface area contributed by atoms with E-state index in [4.69, 9.17) is 59.1 Å². The van der Waals surface area contributed by atoms with Crippen LogP contribution in [0.2, 0.25) is 169 Å². The van der Waals surface area contributed by atoms with Crippen LogP contribution in [0.1, 0.15) is 39.5 Å². The topological polar surface area (TPSA) is 184 Å². The Morgan fingerprint density at radius 2 is 0.699 bits per heavy atom. The quantitative estimate of drug-likeness (QED) is 0.0153. The molecule has 73 heavy (non-hydrogen) atoms. The fourth-order valence-corrected chi connectivity index (χ4v) is 71.8. The fourth-order valence-electron chi connectivity index (χ4n) is 9.57. The van der Waals surface area contributed by atoms with E-state index in [1.54, 1.807) is 6.92 Å². The Morgan fingerprint density at radius 1 is 0.438 bits per heavy atom. The van der Waals surface area contributed by atoms with E-state index in [1.165, 1.54) is 0 Å². The minimum Gasteiger partial charge on any atom is -0.462 e. The summed E-state index contributed by atoms with van der Waals surface area (Å²) in [6.07, 6.45) is 3.47. The molecular formula is C42H109NO17PSi12+. The predicted octanol–water partition coefficient (Wildman–Crippen LogP) is 12.5. The Bertz CT molecular complexity index is 1790. The van der Waals surface area contributed by atoms with Gasteiger partial charge in [-0.05, 0) is 195 Å². The van der Waals surface area contributed by atoms with Crippen molar-refractivity contribution in [3.05, 3.63) is 12.2 Å². The van der Waals surface area contributed by atoms with Crippen molar-refractivity contribution in [1.82, 2.24) is 0 Å². The van der Waals surface area contributed by atoms with E-state index in [-0.39, 0.29) is 19.2 Å². The van der Waals surface area contributed by atoms with E-state index in [0.29, 0.717) is 25.1 Å². The van der Waals surface area contributed by atoms with Crippen LogP contribution < -0.4 is 0 Å². The Labute approximate surface area is 458 Å². The number of carbonyl (C=O) groups excluding carboxylic acids is 1. The number of phosphoric acid groups is 1. The molecule has 1 N–H and O–H groups in total. The van der Waals surface area contributed by atoms with Crippen LogP contribution in [0.3, 0.4) is 0 Å². The van der Waals surface area contributed by atoms with Crippen LogP contribution in [0.5, 0.6) is 0 Å². The summed E-state index contributed by atoms with van der Waals surface area (Å²) < 4.78 is 104. The van der Waals surface area contributed by atoms with Gasteiger partial charge in [-0.25, -0.2) is 9.36 Å². The zero-order valence-electron chi connectivity index (χ0n) is 51.4. The lowest BCUT2D eigenvalue weighted by molar-refractivity contribution is -0.890. The largest absolute Gasteiger partial charge is 0.472 e. The monoisotopic (exact) mass is 1270 g/mol. The van der Waals surface area contributed by atoms with E-state index in [0.717, 1.165) is 42.4 Å². The highest BCUT2D eigenvalue weighted by Crippen LogP contribution is 2.43. The average Bonchev–Trinajstić information content (AvgIpc) is 3.04. The summed E-state index contributed by atoms with van der Waals surface area (Å²) in [4.78, 5) is 22.1. The van der Waals surface area contributed by atoms with Gasteiger partial charge in [0.05, 0.1) is 33.9 Å². The number of rotatable bonds is 39. The van der Waals surface area contributed by atoms with Crippen molar-refractivity contribution in [2.75, 3.05) is 47.0 Å². The molecule has 0 rings (SSSR count). The third-order valence-electron chi connectivity index (χ3n) is 10.2. The van der Waals surface area contributed by atoms with Gasteiger partial charge in [0, 0.05) is 5.57 Å². The summed E-state index contributed by atoms with van der Waals surface area (Å²) in [6.45, 7) is 59.1. The van der Waals surface area contributed by atoms with Crippen molar-refractivity contribution in [2.45, 2.75) is 209 Å². The number of nitrogens with zero attached hydrogens (tertiary/aromatic N) is 1. The molecule has 0 aromatic heterocycles. The molecule has 31 heteroatoms. The first kappa shape index (κ1) is 74.4. The van der Waals surface area contributed by atoms with Gasteiger partial charge >= 0.3 is 99.4 Å². The SMILES string of the molecule is C=C(C)C(=O)OCCC[Si](C)(C)O[Si](C)(C)O[Si](C)(C)O[Si](C)(C)O[Si](C)(C)O[Si](C)(C)O[Si](C)(C)O[Si](C)(C)O[Si](C)(C)O[Si](C)(C)O[Si](C)(C)O[Si](C)(C)CCCOP(=O)(O)OCC[N+](C)(C)CCCC. The van der Waals surface area contributed by atoms with Crippen LogP contribution in [0.25, 0.3) is 0 Å². The lowest BCUT2D eigenvalue weighted by Crippen LogP contribution is -2.62. The van der Waals surface area contributed by atoms with Gasteiger partial charge in [-0.1, -0.05) is 19.9 Å². The zero-order valence-corrected chi connectivity index (χ0v) is 64.3. The second-order valence-electron chi connectivity index (χ2n) is 25.6. The van der Waals surface area contributed by atoms with Crippen LogP contribution in [0.15, 0.2) is 12.2 Å². The van der Waals surface area contributed by atoms with Gasteiger partial charge in [-0.2, -0.15) is 0 Å². The molecular weight excluding hydrogens is 1160 g/mol. The molecule has 0 aliphatic rings. The highest BCUT2D eigenvalue weighted by Gasteiger charge is 2.51. The third-order valence-corrected chi connectivity index (χ3v) is 58.1. The summed E-state index contributed by atoms with van der Waals surface area (Å²) in [6, 6.07) is 1.55. The average molecular weight is 1270 g/mol. The first-order valence-corrected chi connectivity index (χ1v) is 61.9. The fraction of sp³-hybridized carbons (Fsp3) is 0.929. The molecule has 0 saturated heterocycles. The van der Waals surface area contributed by atoms with Crippen molar-refractivity contribution < 1.29 is 77.8 Å². The van der Waals surface area contributed by atoms with Crippen molar-refractivity contribution in [2.24, 2.45) is 0 Å². The van der Waals surface area contributed by atoms with Crippen LogP contribution in [-0.2, 0) is 68.4 Å². The summed E-state index contributed by atoms with van der Waals surface area (Å²) in [5.41, 5.74) is 0.395. The number of carbonyl (C=O) groups is 1. The number of hydrogen-bond acceptors (Lipinski definition) is 16. The molecule has 0 aromatic rings. The van der Waals surface area contributed by atoms with Crippen LogP contribution in [-0.4, -0.2) is 165 Å². The smallest absolute Gasteiger partial charge is 0.462 e. The molecule has 0 amide bonds. The molecule has 18 nitrogen and oxygen atoms in total. The van der Waals surface area contributed by atoms with E-state index in [1.807, 2.05) is 118 Å². The van der Waals surface area contributed by atoms with Crippen molar-refractivity contribution in [3.63, 3.8) is 0 Å². The highest BCUT2D eigenvalue weighted by molar-refractivity contribution is 7.47. The Kier molecular flexibility index (Phi) is 29.0. The molecule has 436 valence electrons. The van der Waals surface area contributed by atoms with Gasteiger partial charge in [0.15, 0.2) is 16.6 Å². The molecule has 0 spiro atoms. The highest BCUT2D eigenvalue weighted by atomic mass is 31.2. The number of unbranched alkanes of at least 4 members (excludes halogenated alkanes) is 1. The van der Waals surface area contributed by atoms with E-state index in [9.17, 15) is 14.3 Å². The molecule has 0 saturated carbocycles. The second-order valence-corrected chi connectivity index (χ2v) is 72.1. The maximum absolute atomic E-state index is 12.6. The number of quaternary nitrogens is 1. The number of phosphoric ester groups is 1. The Morgan fingerprint density at radius 3 is 0.973 bits per heavy atom. The number of likely N-dealkylation sites (N-methyl/N-ethyl adjacent to an activating group) is 1. The molecule has 0 aromatic carbocycles. The normalized spacial score (nSPS) is 15.7. The summed E-state index contributed by atoms with van der Waals surface area (Å²) in [5.74, 6) is -0.368. The Hall–Kier alpha value is 1.44. The number of esters is 1. The van der Waals surface area contributed by atoms with Crippen LogP contribution in [0, 0.1) is 0 Å². The molecule has 0 aliphatic carbocycles. The molecule has 0 bridgehead atoms. The standard InChI is InChI=1S/C42H108NO17PSi12/c1-30-31-34-43(4,5)35-38-49-61(45,46)48-37-33-40-63(8,9)51-65(12,13)53-67(16,17)55-69(20,21)57-71(24,25)59-73(28,29)60-72(26,27)58-70(22,23)56-68(18,19)54-66(14,15)52-64(10,11)50-62(6,7)39-32-36-47-42(44)41(2)3/h2,30-40H2,1,3-29H3/p+1. The van der Waals surface area contributed by atoms with Gasteiger partial charge in [-0.3, -0.25) is 9.05 Å². The van der Waals surface area contributed by atoms with Crippen molar-refractivity contribution >= 4 is 116 Å². The molecule has 1 atom stereocenters. The second kappa shape index (κ2) is 28.4. The minimum absolute atomic E-state index is 0.101. The van der Waals surface area contributed by atoms with Gasteiger partial charge in [0.1, 0.15) is 13.2 Å². The van der Waals surface area contributed by atoms with E-state index >= 15 is 0 Å². The molecule has 0 aliphatic heterocycles.